The molecule has 2 bridgehead atoms. The first-order chi connectivity index (χ1) is 6.38. The number of fused-ring (bicyclic) bond motifs is 1. The molecule has 3 fully saturated rings. The van der Waals surface area contributed by atoms with Gasteiger partial charge in [-0.3, -0.25) is 0 Å². The van der Waals surface area contributed by atoms with Gasteiger partial charge < -0.3 is 9.84 Å². The number of aryl methyl sites for hydroxylation is 1. The normalized spacial score (nSPS) is 36.2. The molecule has 0 aromatic carbocycles. The van der Waals surface area contributed by atoms with E-state index in [1.165, 1.54) is 6.42 Å². The molecule has 3 heterocycles. The molecule has 1 N–H and O–H groups in total. The van der Waals surface area contributed by atoms with Gasteiger partial charge in [-0.2, -0.15) is 4.98 Å². The van der Waals surface area contributed by atoms with E-state index in [0.29, 0.717) is 12.0 Å². The van der Waals surface area contributed by atoms with Crippen LogP contribution in [0, 0.1) is 5.92 Å². The van der Waals surface area contributed by atoms with Crippen molar-refractivity contribution >= 4 is 0 Å². The van der Waals surface area contributed by atoms with Crippen LogP contribution in [0.5, 0.6) is 0 Å². The summed E-state index contributed by atoms with van der Waals surface area (Å²) in [5.41, 5.74) is 0. The van der Waals surface area contributed by atoms with Crippen LogP contribution in [0.4, 0.5) is 0 Å². The van der Waals surface area contributed by atoms with E-state index >= 15 is 0 Å². The van der Waals surface area contributed by atoms with Crippen molar-refractivity contribution < 1.29 is 4.52 Å². The summed E-state index contributed by atoms with van der Waals surface area (Å²) in [5.74, 6) is 2.94. The summed E-state index contributed by atoms with van der Waals surface area (Å²) < 4.78 is 5.24. The standard InChI is InChI=1S/C9H13N3O/c1-2-7-11-9(13-12-7)8-5-3-6(8)10-4-5/h5-6,8,10H,2-4H2,1H3. The van der Waals surface area contributed by atoms with Crippen LogP contribution in [0.15, 0.2) is 4.52 Å². The monoisotopic (exact) mass is 179 g/mol. The molecular weight excluding hydrogens is 166 g/mol. The third-order valence-electron chi connectivity index (χ3n) is 3.23. The SMILES string of the molecule is CCc1noc(C2C3CNC2C3)n1. The largest absolute Gasteiger partial charge is 0.339 e. The van der Waals surface area contributed by atoms with E-state index in [0.717, 1.165) is 30.6 Å². The molecule has 70 valence electrons. The van der Waals surface area contributed by atoms with Crippen molar-refractivity contribution in [3.05, 3.63) is 11.7 Å². The molecule has 2 saturated heterocycles. The van der Waals surface area contributed by atoms with Crippen LogP contribution < -0.4 is 5.32 Å². The summed E-state index contributed by atoms with van der Waals surface area (Å²) >= 11 is 0. The Morgan fingerprint density at radius 2 is 2.54 bits per heavy atom. The van der Waals surface area contributed by atoms with E-state index in [9.17, 15) is 0 Å². The lowest BCUT2D eigenvalue weighted by Crippen LogP contribution is -2.34. The Balaban J connectivity index is 1.85. The Morgan fingerprint density at radius 1 is 1.62 bits per heavy atom. The highest BCUT2D eigenvalue weighted by Crippen LogP contribution is 2.46. The van der Waals surface area contributed by atoms with Crippen LogP contribution in [-0.2, 0) is 6.42 Å². The molecule has 4 rings (SSSR count). The van der Waals surface area contributed by atoms with Gasteiger partial charge in [-0.25, -0.2) is 0 Å². The molecule has 1 saturated carbocycles. The van der Waals surface area contributed by atoms with Gasteiger partial charge in [0.25, 0.3) is 0 Å². The lowest BCUT2D eigenvalue weighted by Gasteiger charge is -2.30. The van der Waals surface area contributed by atoms with Crippen molar-refractivity contribution in [2.75, 3.05) is 6.54 Å². The van der Waals surface area contributed by atoms with Gasteiger partial charge in [0.15, 0.2) is 5.82 Å². The fourth-order valence-electron chi connectivity index (χ4n) is 2.40. The van der Waals surface area contributed by atoms with E-state index in [2.05, 4.69) is 15.5 Å². The molecule has 0 radical (unpaired) electrons. The van der Waals surface area contributed by atoms with Gasteiger partial charge >= 0.3 is 0 Å². The molecule has 1 aromatic heterocycles. The van der Waals surface area contributed by atoms with Crippen molar-refractivity contribution in [2.24, 2.45) is 5.92 Å². The second kappa shape index (κ2) is 2.54. The van der Waals surface area contributed by atoms with Crippen LogP contribution in [0.3, 0.4) is 0 Å². The van der Waals surface area contributed by atoms with Gasteiger partial charge in [0.2, 0.25) is 5.89 Å². The number of nitrogens with one attached hydrogen (secondary N) is 1. The highest BCUT2D eigenvalue weighted by molar-refractivity contribution is 5.15. The summed E-state index contributed by atoms with van der Waals surface area (Å²) in [7, 11) is 0. The van der Waals surface area contributed by atoms with E-state index < -0.39 is 0 Å². The van der Waals surface area contributed by atoms with Gasteiger partial charge in [0.05, 0.1) is 5.92 Å². The predicted octanol–water partition coefficient (Wildman–Crippen LogP) is 0.707. The van der Waals surface area contributed by atoms with Gasteiger partial charge in [-0.1, -0.05) is 12.1 Å². The van der Waals surface area contributed by atoms with Crippen molar-refractivity contribution in [1.29, 1.82) is 0 Å². The Bertz CT molecular complexity index is 308. The van der Waals surface area contributed by atoms with Crippen LogP contribution in [-0.4, -0.2) is 22.7 Å². The Kier molecular flexibility index (Phi) is 1.47. The maximum atomic E-state index is 5.24. The summed E-state index contributed by atoms with van der Waals surface area (Å²) in [6, 6.07) is 0.607. The first kappa shape index (κ1) is 7.50. The van der Waals surface area contributed by atoms with Gasteiger partial charge in [-0.05, 0) is 18.9 Å². The van der Waals surface area contributed by atoms with Crippen LogP contribution in [0.1, 0.15) is 31.0 Å². The molecule has 0 amide bonds. The smallest absolute Gasteiger partial charge is 0.231 e. The molecule has 13 heavy (non-hydrogen) atoms. The molecule has 0 spiro atoms. The van der Waals surface area contributed by atoms with E-state index in [4.69, 9.17) is 4.52 Å². The Labute approximate surface area is 76.7 Å². The zero-order chi connectivity index (χ0) is 8.84. The van der Waals surface area contributed by atoms with Crippen LogP contribution >= 0.6 is 0 Å². The zero-order valence-electron chi connectivity index (χ0n) is 7.66. The number of hydrogen-bond donors (Lipinski definition) is 1. The van der Waals surface area contributed by atoms with E-state index in [1.54, 1.807) is 0 Å². The second-order valence-corrected chi connectivity index (χ2v) is 3.94. The molecule has 1 aliphatic carbocycles. The fourth-order valence-corrected chi connectivity index (χ4v) is 2.40. The molecule has 3 aliphatic rings. The molecular formula is C9H13N3O. The Morgan fingerprint density at radius 3 is 3.08 bits per heavy atom. The van der Waals surface area contributed by atoms with Gasteiger partial charge in [0, 0.05) is 12.5 Å². The van der Waals surface area contributed by atoms with Crippen molar-refractivity contribution in [1.82, 2.24) is 15.5 Å². The minimum atomic E-state index is 0.507. The molecule has 4 nitrogen and oxygen atoms in total. The molecule has 3 atom stereocenters. The third-order valence-corrected chi connectivity index (χ3v) is 3.23. The minimum Gasteiger partial charge on any atom is -0.339 e. The first-order valence-electron chi connectivity index (χ1n) is 4.94. The van der Waals surface area contributed by atoms with E-state index in [1.807, 2.05) is 6.92 Å². The predicted molar refractivity (Wildman–Crippen MR) is 46.3 cm³/mol. The second-order valence-electron chi connectivity index (χ2n) is 3.94. The van der Waals surface area contributed by atoms with Crippen molar-refractivity contribution in [2.45, 2.75) is 31.7 Å². The molecule has 2 aliphatic heterocycles. The van der Waals surface area contributed by atoms with E-state index in [-0.39, 0.29) is 0 Å². The minimum absolute atomic E-state index is 0.507. The maximum Gasteiger partial charge on any atom is 0.231 e. The molecule has 4 heteroatoms. The maximum absolute atomic E-state index is 5.24. The number of hydrogen-bond acceptors (Lipinski definition) is 4. The quantitative estimate of drug-likeness (QED) is 0.726. The average Bonchev–Trinajstić information content (AvgIpc) is 2.77. The summed E-state index contributed by atoms with van der Waals surface area (Å²) in [4.78, 5) is 4.37. The summed E-state index contributed by atoms with van der Waals surface area (Å²) in [6.07, 6.45) is 2.15. The summed E-state index contributed by atoms with van der Waals surface area (Å²) in [5, 5.41) is 7.36. The number of nitrogens with zero attached hydrogens (tertiary/aromatic N) is 2. The summed E-state index contributed by atoms with van der Waals surface area (Å²) in [6.45, 7) is 3.17. The van der Waals surface area contributed by atoms with Crippen molar-refractivity contribution in [3.8, 4) is 0 Å². The van der Waals surface area contributed by atoms with Gasteiger partial charge in [0.1, 0.15) is 0 Å². The fraction of sp³-hybridized carbons (Fsp3) is 0.778. The molecule has 1 aromatic rings. The molecule has 3 unspecified atom stereocenters. The first-order valence-corrected chi connectivity index (χ1v) is 4.94. The topological polar surface area (TPSA) is 51.0 Å². The van der Waals surface area contributed by atoms with Crippen molar-refractivity contribution in [3.63, 3.8) is 0 Å². The van der Waals surface area contributed by atoms with Crippen LogP contribution in [0.2, 0.25) is 0 Å². The average molecular weight is 179 g/mol. The zero-order valence-corrected chi connectivity index (χ0v) is 7.66. The third kappa shape index (κ3) is 0.950. The Hall–Kier alpha value is -0.900. The lowest BCUT2D eigenvalue weighted by molar-refractivity contribution is 0.231. The lowest BCUT2D eigenvalue weighted by atomic mass is 9.74. The van der Waals surface area contributed by atoms with Crippen LogP contribution in [0.25, 0.3) is 0 Å². The van der Waals surface area contributed by atoms with Gasteiger partial charge in [-0.15, -0.1) is 0 Å². The number of rotatable bonds is 2. The number of aromatic nitrogens is 2. The highest BCUT2D eigenvalue weighted by Gasteiger charge is 2.50. The highest BCUT2D eigenvalue weighted by atomic mass is 16.5.